The van der Waals surface area contributed by atoms with Gasteiger partial charge in [-0.05, 0) is 38.8 Å². The van der Waals surface area contributed by atoms with E-state index < -0.39 is 10.0 Å². The van der Waals surface area contributed by atoms with Crippen molar-refractivity contribution < 1.29 is 8.42 Å². The standard InChI is InChI=1S/C17H23N5O2S/c1-13-17(14(2)22(19-13)16-5-3-4-8-18-16)20-9-11-21(12-10-20)25(23,24)15-6-7-15/h3-5,8,15H,6-7,9-12H2,1-2H3. The highest BCUT2D eigenvalue weighted by molar-refractivity contribution is 7.90. The first-order valence-corrected chi connectivity index (χ1v) is 10.2. The zero-order valence-electron chi connectivity index (χ0n) is 14.6. The zero-order chi connectivity index (χ0) is 17.6. The zero-order valence-corrected chi connectivity index (χ0v) is 15.4. The van der Waals surface area contributed by atoms with Crippen LogP contribution in [-0.2, 0) is 10.0 Å². The first-order valence-electron chi connectivity index (χ1n) is 8.70. The van der Waals surface area contributed by atoms with Gasteiger partial charge in [0.2, 0.25) is 10.0 Å². The third kappa shape index (κ3) is 2.93. The summed E-state index contributed by atoms with van der Waals surface area (Å²) in [5.74, 6) is 0.796. The molecule has 1 saturated carbocycles. The molecule has 134 valence electrons. The van der Waals surface area contributed by atoms with E-state index in [0.29, 0.717) is 26.2 Å². The molecule has 0 radical (unpaired) electrons. The largest absolute Gasteiger partial charge is 0.366 e. The highest BCUT2D eigenvalue weighted by Crippen LogP contribution is 2.33. The van der Waals surface area contributed by atoms with Crippen LogP contribution >= 0.6 is 0 Å². The Balaban J connectivity index is 1.55. The van der Waals surface area contributed by atoms with Crippen LogP contribution in [0.15, 0.2) is 24.4 Å². The van der Waals surface area contributed by atoms with Crippen LogP contribution in [0.3, 0.4) is 0 Å². The van der Waals surface area contributed by atoms with Crippen LogP contribution in [0.5, 0.6) is 0 Å². The molecule has 1 aliphatic carbocycles. The fourth-order valence-corrected chi connectivity index (χ4v) is 5.36. The molecule has 3 heterocycles. The molecule has 0 spiro atoms. The minimum Gasteiger partial charge on any atom is -0.366 e. The van der Waals surface area contributed by atoms with Crippen LogP contribution in [0.2, 0.25) is 0 Å². The van der Waals surface area contributed by atoms with Crippen LogP contribution < -0.4 is 4.90 Å². The SMILES string of the molecule is Cc1nn(-c2ccccn2)c(C)c1N1CCN(S(=O)(=O)C2CC2)CC1. The van der Waals surface area contributed by atoms with E-state index >= 15 is 0 Å². The number of rotatable bonds is 4. The van der Waals surface area contributed by atoms with Crippen LogP contribution in [0.1, 0.15) is 24.2 Å². The maximum absolute atomic E-state index is 12.4. The van der Waals surface area contributed by atoms with E-state index in [1.165, 1.54) is 0 Å². The van der Waals surface area contributed by atoms with Gasteiger partial charge in [-0.25, -0.2) is 18.1 Å². The summed E-state index contributed by atoms with van der Waals surface area (Å²) in [5, 5.41) is 4.51. The summed E-state index contributed by atoms with van der Waals surface area (Å²) in [7, 11) is -3.08. The molecule has 25 heavy (non-hydrogen) atoms. The molecule has 0 atom stereocenters. The lowest BCUT2D eigenvalue weighted by atomic mass is 10.2. The normalized spacial score (nSPS) is 19.4. The highest BCUT2D eigenvalue weighted by atomic mass is 32.2. The van der Waals surface area contributed by atoms with Gasteiger partial charge in [-0.15, -0.1) is 0 Å². The Labute approximate surface area is 148 Å². The van der Waals surface area contributed by atoms with Crippen LogP contribution in [0, 0.1) is 13.8 Å². The second kappa shape index (κ2) is 6.10. The molecule has 2 aromatic rings. The van der Waals surface area contributed by atoms with E-state index in [1.807, 2.05) is 36.7 Å². The van der Waals surface area contributed by atoms with E-state index in [0.717, 1.165) is 35.7 Å². The Bertz CT molecular complexity index is 866. The lowest BCUT2D eigenvalue weighted by molar-refractivity contribution is 0.384. The van der Waals surface area contributed by atoms with E-state index in [4.69, 9.17) is 0 Å². The van der Waals surface area contributed by atoms with Crippen molar-refractivity contribution in [1.82, 2.24) is 19.1 Å². The number of anilines is 1. The fraction of sp³-hybridized carbons (Fsp3) is 0.529. The second-order valence-corrected chi connectivity index (χ2v) is 8.96. The number of piperazine rings is 1. The van der Waals surface area contributed by atoms with E-state index in [9.17, 15) is 8.42 Å². The summed E-state index contributed by atoms with van der Waals surface area (Å²) in [6.45, 7) is 6.52. The van der Waals surface area contributed by atoms with Gasteiger partial charge < -0.3 is 4.90 Å². The number of aromatic nitrogens is 3. The molecule has 0 N–H and O–H groups in total. The highest BCUT2D eigenvalue weighted by Gasteiger charge is 2.41. The van der Waals surface area contributed by atoms with Crippen molar-refractivity contribution in [3.63, 3.8) is 0 Å². The molecule has 2 fully saturated rings. The fourth-order valence-electron chi connectivity index (χ4n) is 3.54. The number of nitrogens with zero attached hydrogens (tertiary/aromatic N) is 5. The first-order chi connectivity index (χ1) is 12.0. The molecule has 7 nitrogen and oxygen atoms in total. The minimum absolute atomic E-state index is 0.130. The van der Waals surface area contributed by atoms with Crippen molar-refractivity contribution in [3.8, 4) is 5.82 Å². The summed E-state index contributed by atoms with van der Waals surface area (Å²) in [6, 6.07) is 5.76. The van der Waals surface area contributed by atoms with Crippen LogP contribution in [0.4, 0.5) is 5.69 Å². The van der Waals surface area contributed by atoms with Crippen molar-refractivity contribution in [2.24, 2.45) is 0 Å². The van der Waals surface area contributed by atoms with Crippen molar-refractivity contribution in [1.29, 1.82) is 0 Å². The third-order valence-electron chi connectivity index (χ3n) is 4.98. The predicted molar refractivity (Wildman–Crippen MR) is 96.6 cm³/mol. The number of hydrogen-bond donors (Lipinski definition) is 0. The Morgan fingerprint density at radius 2 is 1.80 bits per heavy atom. The Hall–Kier alpha value is -1.93. The maximum atomic E-state index is 12.4. The molecule has 2 aliphatic rings. The Morgan fingerprint density at radius 1 is 1.08 bits per heavy atom. The van der Waals surface area contributed by atoms with Crippen LogP contribution in [0.25, 0.3) is 5.82 Å². The average Bonchev–Trinajstić information content (AvgIpc) is 3.43. The molecular weight excluding hydrogens is 338 g/mol. The van der Waals surface area contributed by atoms with E-state index in [-0.39, 0.29) is 5.25 Å². The summed E-state index contributed by atoms with van der Waals surface area (Å²) in [4.78, 5) is 6.62. The van der Waals surface area contributed by atoms with Crippen LogP contribution in [-0.4, -0.2) is 58.9 Å². The summed E-state index contributed by atoms with van der Waals surface area (Å²) < 4.78 is 28.3. The number of pyridine rings is 1. The molecule has 1 saturated heterocycles. The van der Waals surface area contributed by atoms with Crippen molar-refractivity contribution in [2.45, 2.75) is 31.9 Å². The topological polar surface area (TPSA) is 71.3 Å². The lowest BCUT2D eigenvalue weighted by Crippen LogP contribution is -2.49. The summed E-state index contributed by atoms with van der Waals surface area (Å²) in [5.41, 5.74) is 3.07. The Kier molecular flexibility index (Phi) is 4.04. The molecule has 1 aliphatic heterocycles. The second-order valence-electron chi connectivity index (χ2n) is 6.75. The van der Waals surface area contributed by atoms with Gasteiger partial charge in [0.25, 0.3) is 0 Å². The molecule has 8 heteroatoms. The molecule has 0 aromatic carbocycles. The van der Waals surface area contributed by atoms with Gasteiger partial charge in [0.1, 0.15) is 0 Å². The minimum atomic E-state index is -3.08. The van der Waals surface area contributed by atoms with Gasteiger partial charge >= 0.3 is 0 Å². The van der Waals surface area contributed by atoms with Gasteiger partial charge in [0.15, 0.2) is 5.82 Å². The van der Waals surface area contributed by atoms with Gasteiger partial charge in [-0.1, -0.05) is 6.07 Å². The van der Waals surface area contributed by atoms with E-state index in [2.05, 4.69) is 15.0 Å². The van der Waals surface area contributed by atoms with E-state index in [1.54, 1.807) is 10.5 Å². The molecule has 0 unspecified atom stereocenters. The van der Waals surface area contributed by atoms with Gasteiger partial charge in [-0.3, -0.25) is 0 Å². The molecule has 0 amide bonds. The van der Waals surface area contributed by atoms with Gasteiger partial charge in [0.05, 0.1) is 22.3 Å². The van der Waals surface area contributed by atoms with Crippen molar-refractivity contribution >= 4 is 15.7 Å². The lowest BCUT2D eigenvalue weighted by Gasteiger charge is -2.35. The molecule has 2 aromatic heterocycles. The summed E-state index contributed by atoms with van der Waals surface area (Å²) in [6.07, 6.45) is 3.39. The number of hydrogen-bond acceptors (Lipinski definition) is 5. The van der Waals surface area contributed by atoms with Crippen molar-refractivity contribution in [2.75, 3.05) is 31.1 Å². The molecular formula is C17H23N5O2S. The quantitative estimate of drug-likeness (QED) is 0.825. The molecule has 0 bridgehead atoms. The third-order valence-corrected chi connectivity index (χ3v) is 7.38. The summed E-state index contributed by atoms with van der Waals surface area (Å²) >= 11 is 0. The monoisotopic (exact) mass is 361 g/mol. The smallest absolute Gasteiger partial charge is 0.217 e. The maximum Gasteiger partial charge on any atom is 0.217 e. The van der Waals surface area contributed by atoms with Crippen molar-refractivity contribution in [3.05, 3.63) is 35.8 Å². The van der Waals surface area contributed by atoms with Gasteiger partial charge in [0, 0.05) is 32.4 Å². The molecule has 4 rings (SSSR count). The first kappa shape index (κ1) is 16.5. The number of sulfonamides is 1. The average molecular weight is 361 g/mol. The predicted octanol–water partition coefficient (Wildman–Crippen LogP) is 1.50. The Morgan fingerprint density at radius 3 is 2.40 bits per heavy atom. The number of aryl methyl sites for hydroxylation is 1. The van der Waals surface area contributed by atoms with Gasteiger partial charge in [-0.2, -0.15) is 9.40 Å².